The van der Waals surface area contributed by atoms with Gasteiger partial charge in [-0.1, -0.05) is 76.5 Å². The molecule has 0 radical (unpaired) electrons. The number of rotatable bonds is 15. The quantitative estimate of drug-likeness (QED) is 0.170. The number of hydrogen-bond acceptors (Lipinski definition) is 3. The van der Waals surface area contributed by atoms with Crippen molar-refractivity contribution in [3.63, 3.8) is 0 Å². The van der Waals surface area contributed by atoms with Gasteiger partial charge in [0.15, 0.2) is 0 Å². The highest BCUT2D eigenvalue weighted by molar-refractivity contribution is 5.37. The van der Waals surface area contributed by atoms with E-state index in [1.807, 2.05) is 0 Å². The lowest BCUT2D eigenvalue weighted by Gasteiger charge is -2.38. The van der Waals surface area contributed by atoms with E-state index in [2.05, 4.69) is 25.1 Å². The molecule has 4 rings (SSSR count). The fourth-order valence-electron chi connectivity index (χ4n) is 8.26. The number of ether oxygens (including phenoxy) is 2. The van der Waals surface area contributed by atoms with Crippen LogP contribution >= 0.6 is 0 Å². The SMILES string of the molecule is CCCCCC1CCC(C2CCC(CCc3ccc4c(c3)CCC(CC(COC)COC=O)C4)CC2)CC1. The van der Waals surface area contributed by atoms with Crippen molar-refractivity contribution in [1.29, 1.82) is 0 Å². The van der Waals surface area contributed by atoms with Gasteiger partial charge in [-0.25, -0.2) is 0 Å². The summed E-state index contributed by atoms with van der Waals surface area (Å²) < 4.78 is 10.4. The Hall–Kier alpha value is -1.35. The molecule has 38 heavy (non-hydrogen) atoms. The Morgan fingerprint density at radius 2 is 1.55 bits per heavy atom. The number of hydrogen-bond donors (Lipinski definition) is 0. The molecule has 2 atom stereocenters. The van der Waals surface area contributed by atoms with Gasteiger partial charge in [0.1, 0.15) is 0 Å². The van der Waals surface area contributed by atoms with Crippen LogP contribution < -0.4 is 0 Å². The van der Waals surface area contributed by atoms with Gasteiger partial charge in [-0.3, -0.25) is 4.79 Å². The van der Waals surface area contributed by atoms with Gasteiger partial charge in [0.25, 0.3) is 6.47 Å². The van der Waals surface area contributed by atoms with Crippen LogP contribution in [0, 0.1) is 35.5 Å². The van der Waals surface area contributed by atoms with Crippen molar-refractivity contribution in [1.82, 2.24) is 0 Å². The Labute approximate surface area is 233 Å². The molecular weight excluding hydrogens is 468 g/mol. The first-order valence-corrected chi connectivity index (χ1v) is 16.3. The van der Waals surface area contributed by atoms with Crippen LogP contribution in [0.2, 0.25) is 0 Å². The van der Waals surface area contributed by atoms with Crippen LogP contribution in [0.5, 0.6) is 0 Å². The fraction of sp³-hybridized carbons (Fsp3) is 0.800. The summed E-state index contributed by atoms with van der Waals surface area (Å²) in [6.07, 6.45) is 25.1. The smallest absolute Gasteiger partial charge is 0.293 e. The van der Waals surface area contributed by atoms with E-state index in [0.29, 0.717) is 31.5 Å². The van der Waals surface area contributed by atoms with E-state index in [1.54, 1.807) is 18.2 Å². The van der Waals surface area contributed by atoms with E-state index in [9.17, 15) is 4.79 Å². The van der Waals surface area contributed by atoms with Gasteiger partial charge in [-0.2, -0.15) is 0 Å². The Morgan fingerprint density at radius 3 is 2.21 bits per heavy atom. The van der Waals surface area contributed by atoms with E-state index in [0.717, 1.165) is 36.5 Å². The Balaban J connectivity index is 1.15. The zero-order valence-electron chi connectivity index (χ0n) is 24.6. The van der Waals surface area contributed by atoms with Crippen molar-refractivity contribution >= 4 is 6.47 Å². The Morgan fingerprint density at radius 1 is 0.842 bits per heavy atom. The fourth-order valence-corrected chi connectivity index (χ4v) is 8.26. The second kappa shape index (κ2) is 16.0. The maximum Gasteiger partial charge on any atom is 0.293 e. The summed E-state index contributed by atoms with van der Waals surface area (Å²) in [5.41, 5.74) is 4.68. The summed E-state index contributed by atoms with van der Waals surface area (Å²) >= 11 is 0. The third kappa shape index (κ3) is 9.10. The predicted octanol–water partition coefficient (Wildman–Crippen LogP) is 8.74. The summed E-state index contributed by atoms with van der Waals surface area (Å²) in [6.45, 7) is 4.03. The Kier molecular flexibility index (Phi) is 12.5. The van der Waals surface area contributed by atoms with Gasteiger partial charge >= 0.3 is 0 Å². The summed E-state index contributed by atoms with van der Waals surface area (Å²) in [7, 11) is 1.73. The largest absolute Gasteiger partial charge is 0.468 e. The lowest BCUT2D eigenvalue weighted by atomic mass is 9.68. The normalized spacial score (nSPS) is 28.4. The molecule has 0 aliphatic heterocycles. The van der Waals surface area contributed by atoms with E-state index in [-0.39, 0.29) is 0 Å². The molecule has 0 aromatic heterocycles. The number of aryl methyl sites for hydroxylation is 2. The minimum absolute atomic E-state index is 0.302. The molecule has 3 heteroatoms. The summed E-state index contributed by atoms with van der Waals surface area (Å²) in [4.78, 5) is 10.6. The third-order valence-electron chi connectivity index (χ3n) is 10.6. The lowest BCUT2D eigenvalue weighted by Crippen LogP contribution is -2.26. The average Bonchev–Trinajstić information content (AvgIpc) is 2.96. The first kappa shape index (κ1) is 29.6. The van der Waals surface area contributed by atoms with Crippen LogP contribution in [0.1, 0.15) is 120 Å². The van der Waals surface area contributed by atoms with E-state index >= 15 is 0 Å². The third-order valence-corrected chi connectivity index (χ3v) is 10.6. The zero-order valence-corrected chi connectivity index (χ0v) is 24.6. The van der Waals surface area contributed by atoms with Crippen LogP contribution in [-0.2, 0) is 33.5 Å². The van der Waals surface area contributed by atoms with Crippen LogP contribution in [0.15, 0.2) is 18.2 Å². The molecule has 3 aliphatic rings. The van der Waals surface area contributed by atoms with Crippen molar-refractivity contribution < 1.29 is 14.3 Å². The standard InChI is InChI=1S/C35H56O3/c1-3-4-5-6-27-9-15-32(16-10-27)33-17-11-28(12-18-33)7-8-29-13-19-35-23-30(14-20-34(35)22-29)21-31(24-37-2)25-38-26-36/h13,19,22,26-28,30-33H,3-12,14-18,20-21,23-25H2,1-2H3. The molecule has 0 saturated heterocycles. The highest BCUT2D eigenvalue weighted by Gasteiger charge is 2.31. The molecule has 3 aliphatic carbocycles. The maximum atomic E-state index is 10.6. The minimum atomic E-state index is 0.302. The minimum Gasteiger partial charge on any atom is -0.468 e. The van der Waals surface area contributed by atoms with Crippen LogP contribution in [-0.4, -0.2) is 26.8 Å². The summed E-state index contributed by atoms with van der Waals surface area (Å²) in [5.74, 6) is 5.04. The zero-order chi connectivity index (χ0) is 26.6. The van der Waals surface area contributed by atoms with Crippen LogP contribution in [0.25, 0.3) is 0 Å². The van der Waals surface area contributed by atoms with Gasteiger partial charge in [0.2, 0.25) is 0 Å². The highest BCUT2D eigenvalue weighted by atomic mass is 16.5. The second-order valence-electron chi connectivity index (χ2n) is 13.3. The van der Waals surface area contributed by atoms with E-state index < -0.39 is 0 Å². The van der Waals surface area contributed by atoms with Gasteiger partial charge in [0, 0.05) is 13.0 Å². The van der Waals surface area contributed by atoms with E-state index in [4.69, 9.17) is 9.47 Å². The average molecular weight is 525 g/mol. The van der Waals surface area contributed by atoms with Gasteiger partial charge in [0.05, 0.1) is 13.2 Å². The van der Waals surface area contributed by atoms with Crippen molar-refractivity contribution in [2.75, 3.05) is 20.3 Å². The summed E-state index contributed by atoms with van der Waals surface area (Å²) in [6, 6.07) is 7.35. The number of benzene rings is 1. The monoisotopic (exact) mass is 524 g/mol. The lowest BCUT2D eigenvalue weighted by molar-refractivity contribution is -0.130. The highest BCUT2D eigenvalue weighted by Crippen LogP contribution is 2.43. The van der Waals surface area contributed by atoms with E-state index in [1.165, 1.54) is 108 Å². The molecule has 214 valence electrons. The molecular formula is C35H56O3. The first-order valence-electron chi connectivity index (χ1n) is 16.3. The second-order valence-corrected chi connectivity index (χ2v) is 13.3. The van der Waals surface area contributed by atoms with Crippen molar-refractivity contribution in [3.05, 3.63) is 34.9 Å². The van der Waals surface area contributed by atoms with Gasteiger partial charge < -0.3 is 9.47 Å². The molecule has 0 heterocycles. The summed E-state index contributed by atoms with van der Waals surface area (Å²) in [5, 5.41) is 0. The van der Waals surface area contributed by atoms with Gasteiger partial charge in [-0.05, 0) is 110 Å². The first-order chi connectivity index (χ1) is 18.7. The molecule has 2 saturated carbocycles. The molecule has 2 fully saturated rings. The number of carbonyl (C=O) groups is 1. The van der Waals surface area contributed by atoms with Gasteiger partial charge in [-0.15, -0.1) is 0 Å². The molecule has 0 spiro atoms. The molecule has 0 amide bonds. The predicted molar refractivity (Wildman–Crippen MR) is 157 cm³/mol. The Bertz CT molecular complexity index is 803. The van der Waals surface area contributed by atoms with Crippen molar-refractivity contribution in [2.24, 2.45) is 35.5 Å². The number of carbonyl (C=O) groups excluding carboxylic acids is 1. The molecule has 0 bridgehead atoms. The topological polar surface area (TPSA) is 35.5 Å². The molecule has 0 N–H and O–H groups in total. The van der Waals surface area contributed by atoms with Crippen molar-refractivity contribution in [3.8, 4) is 0 Å². The van der Waals surface area contributed by atoms with Crippen molar-refractivity contribution in [2.45, 2.75) is 122 Å². The molecule has 1 aromatic carbocycles. The van der Waals surface area contributed by atoms with Crippen LogP contribution in [0.4, 0.5) is 0 Å². The maximum absolute atomic E-state index is 10.6. The number of methoxy groups -OCH3 is 1. The molecule has 3 nitrogen and oxygen atoms in total. The van der Waals surface area contributed by atoms with Crippen LogP contribution in [0.3, 0.4) is 0 Å². The number of unbranched alkanes of at least 4 members (excludes halogenated alkanes) is 2. The number of fused-ring (bicyclic) bond motifs is 1. The molecule has 2 unspecified atom stereocenters. The molecule has 1 aromatic rings.